The van der Waals surface area contributed by atoms with Crippen LogP contribution in [-0.2, 0) is 0 Å². The topological polar surface area (TPSA) is 21.3 Å². The molecule has 0 amide bonds. The molecular weight excluding hydrogens is 270 g/mol. The highest BCUT2D eigenvalue weighted by Crippen LogP contribution is 2.25. The molecule has 1 fully saturated rings. The van der Waals surface area contributed by atoms with E-state index in [0.717, 1.165) is 24.5 Å². The molecule has 0 bridgehead atoms. The molecule has 0 aliphatic heterocycles. The molecule has 1 aromatic carbocycles. The third kappa shape index (κ3) is 5.31. The van der Waals surface area contributed by atoms with Crippen LogP contribution in [0.4, 0.5) is 0 Å². The summed E-state index contributed by atoms with van der Waals surface area (Å²) in [5.41, 5.74) is 1.38. The number of benzene rings is 1. The van der Waals surface area contributed by atoms with Gasteiger partial charge in [0.1, 0.15) is 5.75 Å². The van der Waals surface area contributed by atoms with Crippen LogP contribution in [0.2, 0.25) is 0 Å². The summed E-state index contributed by atoms with van der Waals surface area (Å²) in [4.78, 5) is 0. The van der Waals surface area contributed by atoms with Crippen LogP contribution in [0.3, 0.4) is 0 Å². The van der Waals surface area contributed by atoms with Crippen molar-refractivity contribution in [1.82, 2.24) is 5.32 Å². The van der Waals surface area contributed by atoms with Crippen molar-refractivity contribution in [3.05, 3.63) is 29.8 Å². The van der Waals surface area contributed by atoms with Gasteiger partial charge in [-0.2, -0.15) is 0 Å². The Kier molecular flexibility index (Phi) is 7.24. The van der Waals surface area contributed by atoms with Crippen LogP contribution in [0.5, 0.6) is 5.75 Å². The van der Waals surface area contributed by atoms with E-state index in [1.54, 1.807) is 0 Å². The molecule has 1 aromatic rings. The molecule has 2 rings (SSSR count). The lowest BCUT2D eigenvalue weighted by Gasteiger charge is -2.25. The van der Waals surface area contributed by atoms with Gasteiger partial charge in [0.25, 0.3) is 0 Å². The highest BCUT2D eigenvalue weighted by atomic mass is 16.5. The SMILES string of the molecule is CCC(C)Oc1ccc(C(CC)NCC2CCCCC2)cc1. The van der Waals surface area contributed by atoms with Crippen molar-refractivity contribution >= 4 is 0 Å². The fraction of sp³-hybridized carbons (Fsp3) is 0.700. The van der Waals surface area contributed by atoms with E-state index in [9.17, 15) is 0 Å². The van der Waals surface area contributed by atoms with Crippen LogP contribution in [0.1, 0.15) is 77.3 Å². The summed E-state index contributed by atoms with van der Waals surface area (Å²) in [5.74, 6) is 1.87. The van der Waals surface area contributed by atoms with Gasteiger partial charge < -0.3 is 10.1 Å². The zero-order valence-corrected chi connectivity index (χ0v) is 14.6. The zero-order valence-electron chi connectivity index (χ0n) is 14.6. The number of hydrogen-bond acceptors (Lipinski definition) is 2. The van der Waals surface area contributed by atoms with Crippen LogP contribution in [0.25, 0.3) is 0 Å². The molecule has 0 aromatic heterocycles. The Hall–Kier alpha value is -1.02. The molecule has 1 aliphatic carbocycles. The van der Waals surface area contributed by atoms with E-state index in [1.165, 1.54) is 44.2 Å². The Balaban J connectivity index is 1.86. The first-order valence-corrected chi connectivity index (χ1v) is 9.22. The number of nitrogens with one attached hydrogen (secondary N) is 1. The Morgan fingerprint density at radius 3 is 2.32 bits per heavy atom. The van der Waals surface area contributed by atoms with Crippen molar-refractivity contribution in [3.63, 3.8) is 0 Å². The van der Waals surface area contributed by atoms with Crippen molar-refractivity contribution in [2.24, 2.45) is 5.92 Å². The number of ether oxygens (including phenoxy) is 1. The van der Waals surface area contributed by atoms with Gasteiger partial charge in [-0.05, 0) is 62.8 Å². The molecule has 22 heavy (non-hydrogen) atoms. The van der Waals surface area contributed by atoms with Gasteiger partial charge >= 0.3 is 0 Å². The molecule has 1 N–H and O–H groups in total. The van der Waals surface area contributed by atoms with E-state index >= 15 is 0 Å². The maximum Gasteiger partial charge on any atom is 0.119 e. The Morgan fingerprint density at radius 1 is 1.05 bits per heavy atom. The lowest BCUT2D eigenvalue weighted by Crippen LogP contribution is -2.28. The predicted molar refractivity (Wildman–Crippen MR) is 94.4 cm³/mol. The monoisotopic (exact) mass is 303 g/mol. The lowest BCUT2D eigenvalue weighted by atomic mass is 9.89. The molecule has 2 heteroatoms. The van der Waals surface area contributed by atoms with Crippen LogP contribution >= 0.6 is 0 Å². The molecule has 1 saturated carbocycles. The summed E-state index contributed by atoms with van der Waals surface area (Å²) < 4.78 is 5.87. The Bertz CT molecular complexity index is 408. The fourth-order valence-electron chi connectivity index (χ4n) is 3.29. The summed E-state index contributed by atoms with van der Waals surface area (Å²) in [7, 11) is 0. The van der Waals surface area contributed by atoms with E-state index in [-0.39, 0.29) is 6.10 Å². The molecule has 2 unspecified atom stereocenters. The van der Waals surface area contributed by atoms with E-state index in [0.29, 0.717) is 6.04 Å². The van der Waals surface area contributed by atoms with E-state index < -0.39 is 0 Å². The smallest absolute Gasteiger partial charge is 0.119 e. The summed E-state index contributed by atoms with van der Waals surface area (Å²) in [6.45, 7) is 7.71. The molecule has 0 spiro atoms. The first-order valence-electron chi connectivity index (χ1n) is 9.22. The van der Waals surface area contributed by atoms with Crippen LogP contribution in [-0.4, -0.2) is 12.6 Å². The van der Waals surface area contributed by atoms with Gasteiger partial charge in [0, 0.05) is 6.04 Å². The molecule has 1 aliphatic rings. The Morgan fingerprint density at radius 2 is 1.73 bits per heavy atom. The summed E-state index contributed by atoms with van der Waals surface area (Å²) >= 11 is 0. The average Bonchev–Trinajstić information content (AvgIpc) is 2.57. The van der Waals surface area contributed by atoms with Crippen LogP contribution in [0.15, 0.2) is 24.3 Å². The summed E-state index contributed by atoms with van der Waals surface area (Å²) in [6.07, 6.45) is 9.56. The largest absolute Gasteiger partial charge is 0.491 e. The normalized spacial score (nSPS) is 18.9. The van der Waals surface area contributed by atoms with Crippen LogP contribution in [0, 0.1) is 5.92 Å². The summed E-state index contributed by atoms with van der Waals surface area (Å²) in [6, 6.07) is 9.15. The average molecular weight is 303 g/mol. The van der Waals surface area contributed by atoms with Crippen LogP contribution < -0.4 is 10.1 Å². The third-order valence-corrected chi connectivity index (χ3v) is 4.98. The van der Waals surface area contributed by atoms with Gasteiger partial charge in [0.2, 0.25) is 0 Å². The van der Waals surface area contributed by atoms with Crippen molar-refractivity contribution in [2.75, 3.05) is 6.54 Å². The molecule has 124 valence electrons. The molecular formula is C20H33NO. The van der Waals surface area contributed by atoms with Crippen molar-refractivity contribution in [1.29, 1.82) is 0 Å². The number of rotatable bonds is 8. The first-order chi connectivity index (χ1) is 10.7. The minimum atomic E-state index is 0.289. The van der Waals surface area contributed by atoms with Crippen molar-refractivity contribution < 1.29 is 4.74 Å². The maximum atomic E-state index is 5.87. The zero-order chi connectivity index (χ0) is 15.8. The maximum absolute atomic E-state index is 5.87. The second-order valence-electron chi connectivity index (χ2n) is 6.78. The van der Waals surface area contributed by atoms with E-state index in [2.05, 4.69) is 50.4 Å². The molecule has 0 saturated heterocycles. The van der Waals surface area contributed by atoms with Crippen molar-refractivity contribution in [2.45, 2.75) is 77.9 Å². The second-order valence-corrected chi connectivity index (χ2v) is 6.78. The van der Waals surface area contributed by atoms with Gasteiger partial charge in [0.05, 0.1) is 6.10 Å². The molecule has 0 heterocycles. The highest BCUT2D eigenvalue weighted by molar-refractivity contribution is 5.29. The molecule has 0 radical (unpaired) electrons. The van der Waals surface area contributed by atoms with E-state index in [1.807, 2.05) is 0 Å². The van der Waals surface area contributed by atoms with E-state index in [4.69, 9.17) is 4.74 Å². The summed E-state index contributed by atoms with van der Waals surface area (Å²) in [5, 5.41) is 3.79. The lowest BCUT2D eigenvalue weighted by molar-refractivity contribution is 0.217. The first kappa shape index (κ1) is 17.3. The minimum absolute atomic E-state index is 0.289. The molecule has 2 nitrogen and oxygen atoms in total. The van der Waals surface area contributed by atoms with Gasteiger partial charge in [-0.3, -0.25) is 0 Å². The number of hydrogen-bond donors (Lipinski definition) is 1. The Labute approximate surface area is 136 Å². The van der Waals surface area contributed by atoms with Gasteiger partial charge in [0.15, 0.2) is 0 Å². The van der Waals surface area contributed by atoms with Gasteiger partial charge in [-0.1, -0.05) is 45.2 Å². The quantitative estimate of drug-likeness (QED) is 0.686. The fourth-order valence-corrected chi connectivity index (χ4v) is 3.29. The predicted octanol–water partition coefficient (Wildman–Crippen LogP) is 5.48. The second kappa shape index (κ2) is 9.19. The van der Waals surface area contributed by atoms with Crippen molar-refractivity contribution in [3.8, 4) is 5.75 Å². The molecule has 2 atom stereocenters. The third-order valence-electron chi connectivity index (χ3n) is 4.98. The van der Waals surface area contributed by atoms with Gasteiger partial charge in [-0.25, -0.2) is 0 Å². The standard InChI is InChI=1S/C20H33NO/c1-4-16(3)22-19-13-11-18(12-14-19)20(5-2)21-15-17-9-7-6-8-10-17/h11-14,16-17,20-21H,4-10,15H2,1-3H3. The minimum Gasteiger partial charge on any atom is -0.491 e. The highest BCUT2D eigenvalue weighted by Gasteiger charge is 2.16. The van der Waals surface area contributed by atoms with Gasteiger partial charge in [-0.15, -0.1) is 0 Å².